The average Bonchev–Trinajstić information content (AvgIpc) is 3.17. The van der Waals surface area contributed by atoms with Crippen molar-refractivity contribution < 1.29 is 9.59 Å². The molecule has 0 atom stereocenters. The number of piperazine rings is 1. The van der Waals surface area contributed by atoms with E-state index in [9.17, 15) is 9.59 Å². The van der Waals surface area contributed by atoms with Crippen LogP contribution in [-0.2, 0) is 11.3 Å². The van der Waals surface area contributed by atoms with E-state index in [1.807, 2.05) is 34.9 Å². The van der Waals surface area contributed by atoms with Crippen LogP contribution in [0.1, 0.15) is 59.4 Å². The number of fused-ring (bicyclic) bond motifs is 1. The number of nitrogens with zero attached hydrogens (tertiary/aromatic N) is 4. The summed E-state index contributed by atoms with van der Waals surface area (Å²) in [5.41, 5.74) is 5.04. The molecule has 6 nitrogen and oxygen atoms in total. The fourth-order valence-electron chi connectivity index (χ4n) is 5.50. The summed E-state index contributed by atoms with van der Waals surface area (Å²) in [6.07, 6.45) is 5.62. The van der Waals surface area contributed by atoms with Crippen molar-refractivity contribution in [3.8, 4) is 0 Å². The maximum Gasteiger partial charge on any atom is 0.254 e. The SMILES string of the molecule is Cc1cccc(Cn2c(C)nc3cc(C(=O)N4CCN(C(=O)C5CCCCC5)CC4)ccc32)c1. The van der Waals surface area contributed by atoms with E-state index in [4.69, 9.17) is 4.98 Å². The molecule has 1 aliphatic carbocycles. The highest BCUT2D eigenvalue weighted by molar-refractivity contribution is 5.97. The Morgan fingerprint density at radius 3 is 2.38 bits per heavy atom. The van der Waals surface area contributed by atoms with Crippen molar-refractivity contribution in [1.82, 2.24) is 19.4 Å². The van der Waals surface area contributed by atoms with Crippen molar-refractivity contribution in [2.24, 2.45) is 5.92 Å². The summed E-state index contributed by atoms with van der Waals surface area (Å²) in [5, 5.41) is 0. The summed E-state index contributed by atoms with van der Waals surface area (Å²) in [6, 6.07) is 14.4. The molecule has 0 radical (unpaired) electrons. The lowest BCUT2D eigenvalue weighted by Crippen LogP contribution is -2.52. The van der Waals surface area contributed by atoms with Gasteiger partial charge < -0.3 is 14.4 Å². The summed E-state index contributed by atoms with van der Waals surface area (Å²) in [4.78, 5) is 34.7. The summed E-state index contributed by atoms with van der Waals surface area (Å²) >= 11 is 0. The van der Waals surface area contributed by atoms with Gasteiger partial charge in [0.2, 0.25) is 5.91 Å². The highest BCUT2D eigenvalue weighted by atomic mass is 16.2. The summed E-state index contributed by atoms with van der Waals surface area (Å²) in [7, 11) is 0. The van der Waals surface area contributed by atoms with Gasteiger partial charge in [-0.3, -0.25) is 9.59 Å². The third-order valence-corrected chi connectivity index (χ3v) is 7.44. The highest BCUT2D eigenvalue weighted by Crippen LogP contribution is 2.26. The van der Waals surface area contributed by atoms with Gasteiger partial charge in [-0.2, -0.15) is 0 Å². The minimum atomic E-state index is 0.0255. The van der Waals surface area contributed by atoms with Gasteiger partial charge in [-0.15, -0.1) is 0 Å². The van der Waals surface area contributed by atoms with Crippen LogP contribution in [0, 0.1) is 19.8 Å². The topological polar surface area (TPSA) is 58.4 Å². The molecule has 178 valence electrons. The van der Waals surface area contributed by atoms with Crippen molar-refractivity contribution in [3.63, 3.8) is 0 Å². The van der Waals surface area contributed by atoms with Gasteiger partial charge in [-0.1, -0.05) is 49.1 Å². The molecular formula is C28H34N4O2. The molecule has 1 aromatic heterocycles. The second-order valence-corrected chi connectivity index (χ2v) is 9.89. The van der Waals surface area contributed by atoms with E-state index >= 15 is 0 Å². The monoisotopic (exact) mass is 458 g/mol. The zero-order valence-corrected chi connectivity index (χ0v) is 20.3. The predicted octanol–water partition coefficient (Wildman–Crippen LogP) is 4.57. The lowest BCUT2D eigenvalue weighted by Gasteiger charge is -2.37. The smallest absolute Gasteiger partial charge is 0.254 e. The van der Waals surface area contributed by atoms with Crippen LogP contribution < -0.4 is 0 Å². The number of carbonyl (C=O) groups excluding carboxylic acids is 2. The molecule has 0 unspecified atom stereocenters. The Labute approximate surface area is 201 Å². The van der Waals surface area contributed by atoms with Crippen LogP contribution in [-0.4, -0.2) is 57.3 Å². The lowest BCUT2D eigenvalue weighted by atomic mass is 9.88. The Morgan fingerprint density at radius 2 is 1.65 bits per heavy atom. The van der Waals surface area contributed by atoms with Crippen LogP contribution >= 0.6 is 0 Å². The van der Waals surface area contributed by atoms with E-state index in [0.29, 0.717) is 37.6 Å². The predicted molar refractivity (Wildman–Crippen MR) is 134 cm³/mol. The number of hydrogen-bond acceptors (Lipinski definition) is 3. The molecule has 34 heavy (non-hydrogen) atoms. The van der Waals surface area contributed by atoms with Gasteiger partial charge in [0.15, 0.2) is 0 Å². The summed E-state index contributed by atoms with van der Waals surface area (Å²) < 4.78 is 2.20. The highest BCUT2D eigenvalue weighted by Gasteiger charge is 2.30. The van der Waals surface area contributed by atoms with Gasteiger partial charge in [0.05, 0.1) is 11.0 Å². The van der Waals surface area contributed by atoms with Gasteiger partial charge >= 0.3 is 0 Å². The molecule has 1 saturated heterocycles. The molecule has 2 fully saturated rings. The Kier molecular flexibility index (Phi) is 6.40. The quantitative estimate of drug-likeness (QED) is 0.576. The molecule has 1 saturated carbocycles. The van der Waals surface area contributed by atoms with Gasteiger partial charge in [-0.05, 0) is 50.5 Å². The third-order valence-electron chi connectivity index (χ3n) is 7.44. The number of aromatic nitrogens is 2. The number of carbonyl (C=O) groups is 2. The average molecular weight is 459 g/mol. The molecule has 0 spiro atoms. The standard InChI is InChI=1S/C28H34N4O2/c1-20-7-6-8-22(17-20)19-32-21(2)29-25-18-24(11-12-26(25)32)28(34)31-15-13-30(14-16-31)27(33)23-9-4-3-5-10-23/h6-8,11-12,17-18,23H,3-5,9-10,13-16,19H2,1-2H3. The van der Waals surface area contributed by atoms with Gasteiger partial charge in [0.25, 0.3) is 5.91 Å². The Balaban J connectivity index is 1.26. The summed E-state index contributed by atoms with van der Waals surface area (Å²) in [5.74, 6) is 1.45. The van der Waals surface area contributed by atoms with Crippen LogP contribution in [0.3, 0.4) is 0 Å². The molecule has 0 N–H and O–H groups in total. The van der Waals surface area contributed by atoms with Crippen LogP contribution in [0.4, 0.5) is 0 Å². The molecule has 2 aromatic carbocycles. The Hall–Kier alpha value is -3.15. The van der Waals surface area contributed by atoms with E-state index in [1.54, 1.807) is 0 Å². The first-order chi connectivity index (χ1) is 16.5. The van der Waals surface area contributed by atoms with Crippen molar-refractivity contribution in [2.45, 2.75) is 52.5 Å². The largest absolute Gasteiger partial charge is 0.339 e. The second kappa shape index (κ2) is 9.61. The van der Waals surface area contributed by atoms with Crippen LogP contribution in [0.2, 0.25) is 0 Å². The fourth-order valence-corrected chi connectivity index (χ4v) is 5.50. The Bertz CT molecular complexity index is 1200. The van der Waals surface area contributed by atoms with E-state index in [0.717, 1.165) is 49.1 Å². The van der Waals surface area contributed by atoms with Crippen molar-refractivity contribution in [2.75, 3.05) is 26.2 Å². The van der Waals surface area contributed by atoms with Gasteiger partial charge in [0, 0.05) is 44.2 Å². The van der Waals surface area contributed by atoms with E-state index in [1.165, 1.54) is 17.5 Å². The second-order valence-electron chi connectivity index (χ2n) is 9.89. The molecule has 2 amide bonds. The van der Waals surface area contributed by atoms with Gasteiger partial charge in [-0.25, -0.2) is 4.98 Å². The number of amides is 2. The van der Waals surface area contributed by atoms with Crippen LogP contribution in [0.25, 0.3) is 11.0 Å². The zero-order chi connectivity index (χ0) is 23.7. The van der Waals surface area contributed by atoms with Crippen LogP contribution in [0.5, 0.6) is 0 Å². The number of benzene rings is 2. The number of aryl methyl sites for hydroxylation is 2. The fraction of sp³-hybridized carbons (Fsp3) is 0.464. The molecule has 3 aromatic rings. The molecule has 2 aliphatic rings. The zero-order valence-electron chi connectivity index (χ0n) is 20.3. The number of hydrogen-bond donors (Lipinski definition) is 0. The first-order valence-corrected chi connectivity index (χ1v) is 12.6. The van der Waals surface area contributed by atoms with Crippen LogP contribution in [0.15, 0.2) is 42.5 Å². The molecule has 0 bridgehead atoms. The van der Waals surface area contributed by atoms with Crippen molar-refractivity contribution in [3.05, 3.63) is 65.0 Å². The molecular weight excluding hydrogens is 424 g/mol. The summed E-state index contributed by atoms with van der Waals surface area (Å²) in [6.45, 7) is 7.33. The minimum Gasteiger partial charge on any atom is -0.339 e. The maximum absolute atomic E-state index is 13.2. The van der Waals surface area contributed by atoms with Crippen molar-refractivity contribution in [1.29, 1.82) is 0 Å². The van der Waals surface area contributed by atoms with E-state index in [2.05, 4.69) is 35.8 Å². The molecule has 2 heterocycles. The first kappa shape index (κ1) is 22.6. The molecule has 6 heteroatoms. The van der Waals surface area contributed by atoms with E-state index in [-0.39, 0.29) is 11.8 Å². The molecule has 1 aliphatic heterocycles. The molecule has 5 rings (SSSR count). The maximum atomic E-state index is 13.2. The Morgan fingerprint density at radius 1 is 0.912 bits per heavy atom. The van der Waals surface area contributed by atoms with Crippen molar-refractivity contribution >= 4 is 22.8 Å². The first-order valence-electron chi connectivity index (χ1n) is 12.6. The lowest BCUT2D eigenvalue weighted by molar-refractivity contribution is -0.138. The number of imidazole rings is 1. The number of rotatable bonds is 4. The van der Waals surface area contributed by atoms with E-state index < -0.39 is 0 Å². The third kappa shape index (κ3) is 4.59. The normalized spacial score (nSPS) is 17.4. The minimum absolute atomic E-state index is 0.0255. The van der Waals surface area contributed by atoms with Gasteiger partial charge in [0.1, 0.15) is 5.82 Å².